The van der Waals surface area contributed by atoms with Gasteiger partial charge in [-0.15, -0.1) is 0 Å². The van der Waals surface area contributed by atoms with Crippen LogP contribution in [0.4, 0.5) is 18.9 Å². The van der Waals surface area contributed by atoms with Crippen molar-refractivity contribution >= 4 is 28.2 Å². The minimum atomic E-state index is -4.52. The smallest absolute Gasteiger partial charge is 0.416 e. The summed E-state index contributed by atoms with van der Waals surface area (Å²) < 4.78 is 46.0. The number of benzene rings is 2. The summed E-state index contributed by atoms with van der Waals surface area (Å²) in [6, 6.07) is 8.20. The number of aromatic nitrogens is 1. The summed E-state index contributed by atoms with van der Waals surface area (Å²) >= 11 is 6.23. The maximum absolute atomic E-state index is 13.5. The van der Waals surface area contributed by atoms with Crippen molar-refractivity contribution in [1.29, 1.82) is 0 Å². The van der Waals surface area contributed by atoms with E-state index in [1.54, 1.807) is 18.2 Å². The molecule has 0 atom stereocenters. The summed E-state index contributed by atoms with van der Waals surface area (Å²) in [5.74, 6) is 0.828. The number of hydrogen-bond donors (Lipinski definition) is 2. The summed E-state index contributed by atoms with van der Waals surface area (Å²) in [4.78, 5) is 15.8. The van der Waals surface area contributed by atoms with Crippen molar-refractivity contribution in [3.8, 4) is 16.9 Å². The van der Waals surface area contributed by atoms with Crippen molar-refractivity contribution in [3.05, 3.63) is 57.3 Å². The number of aromatic amines is 1. The van der Waals surface area contributed by atoms with Crippen LogP contribution in [0.3, 0.4) is 0 Å². The molecule has 2 N–H and O–H groups in total. The van der Waals surface area contributed by atoms with Crippen molar-refractivity contribution in [1.82, 2.24) is 4.98 Å². The van der Waals surface area contributed by atoms with E-state index in [1.807, 2.05) is 0 Å². The number of alkyl halides is 3. The molecule has 0 bridgehead atoms. The molecule has 1 aromatic heterocycles. The Morgan fingerprint density at radius 1 is 1.12 bits per heavy atom. The first-order valence-electron chi connectivity index (χ1n) is 10.6. The lowest BCUT2D eigenvalue weighted by Crippen LogP contribution is -2.22. The first-order chi connectivity index (χ1) is 15.3. The third-order valence-corrected chi connectivity index (χ3v) is 6.30. The first-order valence-corrected chi connectivity index (χ1v) is 11.0. The summed E-state index contributed by atoms with van der Waals surface area (Å²) in [7, 11) is 1.47. The Labute approximate surface area is 188 Å². The zero-order chi connectivity index (χ0) is 22.9. The van der Waals surface area contributed by atoms with Gasteiger partial charge in [0.25, 0.3) is 5.56 Å². The molecule has 4 nitrogen and oxygen atoms in total. The second-order valence-electron chi connectivity index (χ2n) is 8.19. The fourth-order valence-corrected chi connectivity index (χ4v) is 4.60. The highest BCUT2D eigenvalue weighted by Gasteiger charge is 2.31. The van der Waals surface area contributed by atoms with Gasteiger partial charge in [0.2, 0.25) is 0 Å². The van der Waals surface area contributed by atoms with E-state index in [9.17, 15) is 18.0 Å². The maximum Gasteiger partial charge on any atom is 0.416 e. The lowest BCUT2D eigenvalue weighted by Gasteiger charge is -2.23. The topological polar surface area (TPSA) is 54.1 Å². The van der Waals surface area contributed by atoms with Gasteiger partial charge in [-0.05, 0) is 55.2 Å². The second-order valence-corrected chi connectivity index (χ2v) is 8.63. The van der Waals surface area contributed by atoms with Crippen LogP contribution in [0.25, 0.3) is 22.0 Å². The van der Waals surface area contributed by atoms with Crippen molar-refractivity contribution in [3.63, 3.8) is 0 Å². The molecule has 0 radical (unpaired) electrons. The van der Waals surface area contributed by atoms with Crippen molar-refractivity contribution in [2.24, 2.45) is 5.92 Å². The number of hydrogen-bond acceptors (Lipinski definition) is 3. The lowest BCUT2D eigenvalue weighted by molar-refractivity contribution is -0.137. The van der Waals surface area contributed by atoms with Crippen molar-refractivity contribution in [2.45, 2.75) is 38.3 Å². The van der Waals surface area contributed by atoms with Crippen molar-refractivity contribution < 1.29 is 17.9 Å². The zero-order valence-corrected chi connectivity index (χ0v) is 18.4. The van der Waals surface area contributed by atoms with E-state index >= 15 is 0 Å². The number of halogens is 4. The van der Waals surface area contributed by atoms with Gasteiger partial charge in [0.15, 0.2) is 0 Å². The third kappa shape index (κ3) is 4.58. The fraction of sp³-hybridized carbons (Fsp3) is 0.375. The fourth-order valence-electron chi connectivity index (χ4n) is 4.43. The van der Waals surface area contributed by atoms with Crippen LogP contribution in [-0.2, 0) is 6.18 Å². The van der Waals surface area contributed by atoms with Crippen LogP contribution < -0.4 is 15.6 Å². The minimum absolute atomic E-state index is 0.225. The molecule has 1 aliphatic carbocycles. The molecule has 1 heterocycles. The molecule has 170 valence electrons. The number of ether oxygens (including phenoxy) is 1. The molecule has 0 spiro atoms. The van der Waals surface area contributed by atoms with E-state index in [4.69, 9.17) is 16.3 Å². The average molecular weight is 465 g/mol. The van der Waals surface area contributed by atoms with Crippen LogP contribution in [0.2, 0.25) is 5.02 Å². The van der Waals surface area contributed by atoms with Crippen LogP contribution in [0.15, 0.2) is 41.2 Å². The Morgan fingerprint density at radius 3 is 2.56 bits per heavy atom. The summed E-state index contributed by atoms with van der Waals surface area (Å²) in [5.41, 5.74) is 0.153. The predicted octanol–water partition coefficient (Wildman–Crippen LogP) is 6.87. The van der Waals surface area contributed by atoms with E-state index in [-0.39, 0.29) is 11.1 Å². The molecular formula is C24H24ClF3N2O2. The van der Waals surface area contributed by atoms with Crippen LogP contribution in [0.5, 0.6) is 5.75 Å². The van der Waals surface area contributed by atoms with Gasteiger partial charge in [-0.2, -0.15) is 13.2 Å². The molecule has 0 aliphatic heterocycles. The van der Waals surface area contributed by atoms with Crippen LogP contribution in [0, 0.1) is 5.92 Å². The van der Waals surface area contributed by atoms with Crippen LogP contribution in [-0.4, -0.2) is 18.6 Å². The quantitative estimate of drug-likeness (QED) is 0.433. The SMILES string of the molecule is COc1ccc(Cl)cc1-c1c(NCC2CCCCC2)c(=O)[nH]c2ccc(C(F)(F)F)cc12. The average Bonchev–Trinajstić information content (AvgIpc) is 2.77. The summed E-state index contributed by atoms with van der Waals surface area (Å²) in [6.07, 6.45) is 1.10. The number of rotatable bonds is 5. The molecule has 4 rings (SSSR count). The van der Waals surface area contributed by atoms with Gasteiger partial charge in [0.1, 0.15) is 11.4 Å². The molecule has 1 aliphatic rings. The maximum atomic E-state index is 13.5. The molecule has 0 saturated heterocycles. The Kier molecular flexibility index (Phi) is 6.38. The Morgan fingerprint density at radius 2 is 1.88 bits per heavy atom. The molecule has 3 aromatic rings. The highest BCUT2D eigenvalue weighted by Crippen LogP contribution is 2.41. The van der Waals surface area contributed by atoms with E-state index in [1.165, 1.54) is 19.6 Å². The van der Waals surface area contributed by atoms with E-state index < -0.39 is 17.3 Å². The van der Waals surface area contributed by atoms with Gasteiger partial charge in [0, 0.05) is 33.6 Å². The predicted molar refractivity (Wildman–Crippen MR) is 122 cm³/mol. The third-order valence-electron chi connectivity index (χ3n) is 6.06. The Bertz CT molecular complexity index is 1180. The van der Waals surface area contributed by atoms with Crippen LogP contribution >= 0.6 is 11.6 Å². The zero-order valence-electron chi connectivity index (χ0n) is 17.6. The number of nitrogens with one attached hydrogen (secondary N) is 2. The molecule has 0 amide bonds. The molecule has 0 unspecified atom stereocenters. The standard InChI is InChI=1S/C24H24ClF3N2O2/c1-32-20-10-8-16(25)12-18(20)21-17-11-15(24(26,27)28)7-9-19(17)30-23(31)22(21)29-13-14-5-3-2-4-6-14/h7-12,14,29H,2-6,13H2,1H3,(H,30,31). The monoisotopic (exact) mass is 464 g/mol. The number of H-pyrrole nitrogens is 1. The number of methoxy groups -OCH3 is 1. The van der Waals surface area contributed by atoms with Crippen molar-refractivity contribution in [2.75, 3.05) is 19.0 Å². The molecule has 1 saturated carbocycles. The number of fused-ring (bicyclic) bond motifs is 1. The summed E-state index contributed by atoms with van der Waals surface area (Å²) in [5, 5.41) is 3.91. The minimum Gasteiger partial charge on any atom is -0.496 e. The Hall–Kier alpha value is -2.67. The normalized spacial score (nSPS) is 15.2. The molecule has 1 fully saturated rings. The second kappa shape index (κ2) is 9.06. The summed E-state index contributed by atoms with van der Waals surface area (Å²) in [6.45, 7) is 0.573. The van der Waals surface area contributed by atoms with Gasteiger partial charge >= 0.3 is 6.18 Å². The van der Waals surface area contributed by atoms with Gasteiger partial charge in [0.05, 0.1) is 12.7 Å². The number of anilines is 1. The van der Waals surface area contributed by atoms with Gasteiger partial charge in [-0.1, -0.05) is 30.9 Å². The van der Waals surface area contributed by atoms with Gasteiger partial charge < -0.3 is 15.0 Å². The van der Waals surface area contributed by atoms with Gasteiger partial charge in [-0.3, -0.25) is 4.79 Å². The molecule has 8 heteroatoms. The first kappa shape index (κ1) is 22.5. The highest BCUT2D eigenvalue weighted by molar-refractivity contribution is 6.31. The molecule has 2 aromatic carbocycles. The molecule has 32 heavy (non-hydrogen) atoms. The molecular weight excluding hydrogens is 441 g/mol. The number of pyridine rings is 1. The highest BCUT2D eigenvalue weighted by atomic mass is 35.5. The lowest BCUT2D eigenvalue weighted by atomic mass is 9.89. The van der Waals surface area contributed by atoms with E-state index in [0.29, 0.717) is 39.9 Å². The van der Waals surface area contributed by atoms with Gasteiger partial charge in [-0.25, -0.2) is 0 Å². The Balaban J connectivity index is 1.94. The van der Waals surface area contributed by atoms with Crippen LogP contribution in [0.1, 0.15) is 37.7 Å². The van der Waals surface area contributed by atoms with E-state index in [2.05, 4.69) is 10.3 Å². The van der Waals surface area contributed by atoms with E-state index in [0.717, 1.165) is 37.8 Å². The largest absolute Gasteiger partial charge is 0.496 e.